The van der Waals surface area contributed by atoms with Crippen molar-refractivity contribution in [2.75, 3.05) is 32.7 Å². The van der Waals surface area contributed by atoms with Gasteiger partial charge in [0.2, 0.25) is 5.91 Å². The maximum Gasteiger partial charge on any atom is 0.224 e. The lowest BCUT2D eigenvalue weighted by Crippen LogP contribution is -2.40. The second-order valence-electron chi connectivity index (χ2n) is 6.62. The van der Waals surface area contributed by atoms with Crippen molar-refractivity contribution in [3.05, 3.63) is 34.0 Å². The fraction of sp³-hybridized carbons (Fsp3) is 0.611. The third-order valence-corrected chi connectivity index (χ3v) is 5.56. The first kappa shape index (κ1) is 16.7. The predicted molar refractivity (Wildman–Crippen MR) is 95.5 cm³/mol. The fourth-order valence-corrected chi connectivity index (χ4v) is 4.19. The summed E-state index contributed by atoms with van der Waals surface area (Å²) in [6.45, 7) is 6.07. The van der Waals surface area contributed by atoms with Gasteiger partial charge in [0.1, 0.15) is 0 Å². The zero-order valence-electron chi connectivity index (χ0n) is 13.7. The summed E-state index contributed by atoms with van der Waals surface area (Å²) < 4.78 is 0. The molecule has 0 bridgehead atoms. The van der Waals surface area contributed by atoms with Crippen molar-refractivity contribution in [3.63, 3.8) is 0 Å². The molecule has 2 aliphatic heterocycles. The van der Waals surface area contributed by atoms with Crippen molar-refractivity contribution >= 4 is 17.2 Å². The van der Waals surface area contributed by atoms with Crippen molar-refractivity contribution in [1.29, 1.82) is 0 Å². The monoisotopic (exact) mass is 333 g/mol. The Kier molecular flexibility index (Phi) is 6.25. The van der Waals surface area contributed by atoms with Crippen LogP contribution in [-0.2, 0) is 11.3 Å². The molecule has 4 nitrogen and oxygen atoms in total. The van der Waals surface area contributed by atoms with Crippen LogP contribution in [-0.4, -0.2) is 43.5 Å². The highest BCUT2D eigenvalue weighted by molar-refractivity contribution is 7.09. The number of hydrogen-bond acceptors (Lipinski definition) is 4. The molecule has 0 spiro atoms. The number of carbonyl (C=O) groups excluding carboxylic acids is 1. The summed E-state index contributed by atoms with van der Waals surface area (Å²) >= 11 is 1.83. The number of likely N-dealkylation sites (tertiary alicyclic amines) is 1. The molecule has 3 heterocycles. The van der Waals surface area contributed by atoms with Crippen LogP contribution in [0.4, 0.5) is 0 Å². The summed E-state index contributed by atoms with van der Waals surface area (Å²) in [5.74, 6) is 0.781. The Hall–Kier alpha value is -1.17. The fourth-order valence-electron chi connectivity index (χ4n) is 3.44. The number of amides is 1. The van der Waals surface area contributed by atoms with Gasteiger partial charge in [0.15, 0.2) is 0 Å². The van der Waals surface area contributed by atoms with Crippen molar-refractivity contribution < 1.29 is 4.79 Å². The third-order valence-electron chi connectivity index (χ3n) is 4.70. The summed E-state index contributed by atoms with van der Waals surface area (Å²) in [7, 11) is 0. The molecule has 0 saturated carbocycles. The smallest absolute Gasteiger partial charge is 0.224 e. The highest BCUT2D eigenvalue weighted by atomic mass is 32.1. The Morgan fingerprint density at radius 1 is 1.48 bits per heavy atom. The number of nitrogens with zero attached hydrogens (tertiary/aromatic N) is 1. The van der Waals surface area contributed by atoms with Crippen molar-refractivity contribution in [1.82, 2.24) is 15.5 Å². The quantitative estimate of drug-likeness (QED) is 0.786. The van der Waals surface area contributed by atoms with Crippen LogP contribution in [0.1, 0.15) is 30.6 Å². The number of nitrogens with one attached hydrogen (secondary N) is 2. The average Bonchev–Trinajstić information content (AvgIpc) is 3.07. The first-order valence-electron chi connectivity index (χ1n) is 8.69. The molecule has 0 aromatic carbocycles. The molecule has 1 amide bonds. The van der Waals surface area contributed by atoms with E-state index in [0.29, 0.717) is 12.3 Å². The molecule has 2 N–H and O–H groups in total. The number of hydrogen-bond donors (Lipinski definition) is 2. The van der Waals surface area contributed by atoms with Gasteiger partial charge < -0.3 is 10.6 Å². The Morgan fingerprint density at radius 2 is 2.43 bits per heavy atom. The molecular weight excluding hydrogens is 306 g/mol. The Morgan fingerprint density at radius 3 is 3.22 bits per heavy atom. The van der Waals surface area contributed by atoms with E-state index in [9.17, 15) is 4.79 Å². The lowest BCUT2D eigenvalue weighted by Gasteiger charge is -2.32. The molecule has 1 aromatic heterocycles. The number of carbonyl (C=O) groups is 1. The molecule has 1 aromatic rings. The van der Waals surface area contributed by atoms with Crippen LogP contribution >= 0.6 is 11.3 Å². The molecule has 3 rings (SSSR count). The van der Waals surface area contributed by atoms with Gasteiger partial charge in [-0.15, -0.1) is 11.3 Å². The molecule has 1 fully saturated rings. The van der Waals surface area contributed by atoms with Crippen LogP contribution in [0.3, 0.4) is 0 Å². The van der Waals surface area contributed by atoms with Crippen LogP contribution < -0.4 is 10.6 Å². The zero-order chi connectivity index (χ0) is 15.9. The van der Waals surface area contributed by atoms with Gasteiger partial charge in [0, 0.05) is 37.5 Å². The molecule has 2 aliphatic rings. The van der Waals surface area contributed by atoms with Gasteiger partial charge in [-0.1, -0.05) is 17.7 Å². The van der Waals surface area contributed by atoms with Crippen molar-refractivity contribution in [2.45, 2.75) is 32.2 Å². The predicted octanol–water partition coefficient (Wildman–Crippen LogP) is 2.39. The molecule has 1 atom stereocenters. The van der Waals surface area contributed by atoms with Crippen LogP contribution in [0.2, 0.25) is 0 Å². The standard InChI is InChI=1S/C18H27N3OS/c22-18(11-15-5-7-19-8-6-15)20-12-16-3-1-9-21(13-16)14-17-4-2-10-23-17/h2,4-5,10,16,19H,1,3,6-9,11-14H2,(H,20,22)/t16-/m0/s1. The maximum atomic E-state index is 12.1. The lowest BCUT2D eigenvalue weighted by atomic mass is 9.97. The normalized spacial score (nSPS) is 22.6. The summed E-state index contributed by atoms with van der Waals surface area (Å²) in [6.07, 6.45) is 6.21. The highest BCUT2D eigenvalue weighted by Gasteiger charge is 2.21. The summed E-state index contributed by atoms with van der Waals surface area (Å²) in [5, 5.41) is 8.58. The van der Waals surface area contributed by atoms with Gasteiger partial charge in [-0.05, 0) is 49.7 Å². The highest BCUT2D eigenvalue weighted by Crippen LogP contribution is 2.20. The Balaban J connectivity index is 1.39. The molecule has 0 radical (unpaired) electrons. The SMILES string of the molecule is O=C(CC1=CCNCC1)NC[C@@H]1CCCN(Cc2cccs2)C1. The van der Waals surface area contributed by atoms with E-state index in [-0.39, 0.29) is 5.91 Å². The number of thiophene rings is 1. The van der Waals surface area contributed by atoms with Crippen LogP contribution in [0, 0.1) is 5.92 Å². The van der Waals surface area contributed by atoms with Gasteiger partial charge in [0.25, 0.3) is 0 Å². The second kappa shape index (κ2) is 8.62. The average molecular weight is 334 g/mol. The van der Waals surface area contributed by atoms with Crippen LogP contribution in [0.15, 0.2) is 29.2 Å². The van der Waals surface area contributed by atoms with E-state index in [1.807, 2.05) is 11.3 Å². The topological polar surface area (TPSA) is 44.4 Å². The van der Waals surface area contributed by atoms with Gasteiger partial charge in [-0.2, -0.15) is 0 Å². The molecule has 1 saturated heterocycles. The lowest BCUT2D eigenvalue weighted by molar-refractivity contribution is -0.120. The van der Waals surface area contributed by atoms with Gasteiger partial charge >= 0.3 is 0 Å². The van der Waals surface area contributed by atoms with Gasteiger partial charge in [-0.25, -0.2) is 0 Å². The minimum Gasteiger partial charge on any atom is -0.355 e. The molecule has 23 heavy (non-hydrogen) atoms. The number of rotatable bonds is 6. The van der Waals surface area contributed by atoms with E-state index in [1.165, 1.54) is 29.8 Å². The van der Waals surface area contributed by atoms with Crippen LogP contribution in [0.5, 0.6) is 0 Å². The molecule has 126 valence electrons. The second-order valence-corrected chi connectivity index (χ2v) is 7.65. The minimum atomic E-state index is 0.188. The first-order chi connectivity index (χ1) is 11.3. The van der Waals surface area contributed by atoms with Gasteiger partial charge in [0.05, 0.1) is 0 Å². The zero-order valence-corrected chi connectivity index (χ0v) is 14.5. The van der Waals surface area contributed by atoms with E-state index in [2.05, 4.69) is 39.1 Å². The molecule has 5 heteroatoms. The van der Waals surface area contributed by atoms with Crippen molar-refractivity contribution in [2.24, 2.45) is 5.92 Å². The Labute approximate surface area is 143 Å². The Bertz CT molecular complexity index is 526. The minimum absolute atomic E-state index is 0.188. The number of piperidine rings is 1. The van der Waals surface area contributed by atoms with E-state index < -0.39 is 0 Å². The largest absolute Gasteiger partial charge is 0.355 e. The van der Waals surface area contributed by atoms with E-state index in [4.69, 9.17) is 0 Å². The summed E-state index contributed by atoms with van der Waals surface area (Å²) in [6, 6.07) is 4.33. The summed E-state index contributed by atoms with van der Waals surface area (Å²) in [4.78, 5) is 16.1. The first-order valence-corrected chi connectivity index (χ1v) is 9.57. The molecule has 0 unspecified atom stereocenters. The van der Waals surface area contributed by atoms with Crippen LogP contribution in [0.25, 0.3) is 0 Å². The molecule has 0 aliphatic carbocycles. The third kappa shape index (κ3) is 5.44. The molecular formula is C18H27N3OS. The van der Waals surface area contributed by atoms with Gasteiger partial charge in [-0.3, -0.25) is 9.69 Å². The summed E-state index contributed by atoms with van der Waals surface area (Å²) in [5.41, 5.74) is 1.28. The van der Waals surface area contributed by atoms with E-state index in [0.717, 1.165) is 39.1 Å². The van der Waals surface area contributed by atoms with Crippen molar-refractivity contribution in [3.8, 4) is 0 Å². The van der Waals surface area contributed by atoms with E-state index >= 15 is 0 Å². The maximum absolute atomic E-state index is 12.1. The van der Waals surface area contributed by atoms with E-state index in [1.54, 1.807) is 0 Å².